The van der Waals surface area contributed by atoms with E-state index in [1.54, 1.807) is 30.3 Å². The average molecular weight is 467 g/mol. The van der Waals surface area contributed by atoms with Crippen LogP contribution in [0, 0.1) is 6.92 Å². The first-order chi connectivity index (χ1) is 15.8. The molecule has 0 aliphatic carbocycles. The Morgan fingerprint density at radius 3 is 2.33 bits per heavy atom. The van der Waals surface area contributed by atoms with E-state index in [0.29, 0.717) is 30.4 Å². The lowest BCUT2D eigenvalue weighted by atomic mass is 10.1. The van der Waals surface area contributed by atoms with Crippen LogP contribution in [-0.4, -0.2) is 34.1 Å². The van der Waals surface area contributed by atoms with Gasteiger partial charge in [0.1, 0.15) is 19.8 Å². The van der Waals surface area contributed by atoms with E-state index in [9.17, 15) is 13.2 Å². The molecule has 7 nitrogen and oxygen atoms in total. The van der Waals surface area contributed by atoms with Crippen LogP contribution in [0.4, 0.5) is 5.69 Å². The maximum absolute atomic E-state index is 13.4. The van der Waals surface area contributed by atoms with E-state index < -0.39 is 15.9 Å². The molecule has 33 heavy (non-hydrogen) atoms. The summed E-state index contributed by atoms with van der Waals surface area (Å²) in [4.78, 5) is 13.1. The van der Waals surface area contributed by atoms with Gasteiger partial charge in [-0.05, 0) is 55.8 Å². The second-order valence-electron chi connectivity index (χ2n) is 7.85. The van der Waals surface area contributed by atoms with Crippen LogP contribution in [0.2, 0.25) is 0 Å². The lowest BCUT2D eigenvalue weighted by Gasteiger charge is -2.25. The third kappa shape index (κ3) is 5.12. The lowest BCUT2D eigenvalue weighted by molar-refractivity contribution is -0.120. The van der Waals surface area contributed by atoms with Crippen LogP contribution < -0.4 is 19.1 Å². The van der Waals surface area contributed by atoms with Crippen molar-refractivity contribution in [3.8, 4) is 11.5 Å². The molecule has 0 unspecified atom stereocenters. The van der Waals surface area contributed by atoms with Gasteiger partial charge in [0.15, 0.2) is 11.5 Å². The third-order valence-electron chi connectivity index (χ3n) is 5.38. The maximum atomic E-state index is 13.4. The number of anilines is 1. The smallest absolute Gasteiger partial charge is 0.264 e. The summed E-state index contributed by atoms with van der Waals surface area (Å²) in [7, 11) is -3.94. The van der Waals surface area contributed by atoms with Crippen molar-refractivity contribution in [3.05, 3.63) is 83.9 Å². The number of carbonyl (C=O) groups excluding carboxylic acids is 1. The molecule has 0 bridgehead atoms. The number of carbonyl (C=O) groups is 1. The summed E-state index contributed by atoms with van der Waals surface area (Å²) in [6, 6.07) is 20.3. The number of fused-ring (bicyclic) bond motifs is 1. The lowest BCUT2D eigenvalue weighted by Crippen LogP contribution is -2.41. The SMILES string of the molecule is Cc1ccc(N(CC(=O)N[C@@H](C)c2ccc3c(c2)OCCO3)S(=O)(=O)c2ccccc2)cc1. The Kier molecular flexibility index (Phi) is 6.55. The summed E-state index contributed by atoms with van der Waals surface area (Å²) in [6.07, 6.45) is 0. The van der Waals surface area contributed by atoms with Crippen LogP contribution in [0.25, 0.3) is 0 Å². The molecule has 0 radical (unpaired) electrons. The molecule has 0 fully saturated rings. The van der Waals surface area contributed by atoms with Crippen LogP contribution in [0.15, 0.2) is 77.7 Å². The van der Waals surface area contributed by atoms with Gasteiger partial charge in [0.25, 0.3) is 10.0 Å². The zero-order chi connectivity index (χ0) is 23.4. The van der Waals surface area contributed by atoms with E-state index in [1.807, 2.05) is 44.2 Å². The van der Waals surface area contributed by atoms with Gasteiger partial charge in [-0.1, -0.05) is 42.0 Å². The Bertz CT molecular complexity index is 1230. The standard InChI is InChI=1S/C25H26N2O5S/c1-18-8-11-21(12-9-18)27(33(29,30)22-6-4-3-5-7-22)17-25(28)26-19(2)20-10-13-23-24(16-20)32-15-14-31-23/h3-13,16,19H,14-15,17H2,1-2H3,(H,26,28)/t19-/m0/s1. The molecule has 1 aliphatic rings. The van der Waals surface area contributed by atoms with Gasteiger partial charge in [0.2, 0.25) is 5.91 Å². The number of nitrogens with zero attached hydrogens (tertiary/aromatic N) is 1. The largest absolute Gasteiger partial charge is 0.486 e. The van der Waals surface area contributed by atoms with Crippen LogP contribution in [0.3, 0.4) is 0 Å². The highest BCUT2D eigenvalue weighted by atomic mass is 32.2. The minimum Gasteiger partial charge on any atom is -0.486 e. The van der Waals surface area contributed by atoms with E-state index in [4.69, 9.17) is 9.47 Å². The number of aryl methyl sites for hydroxylation is 1. The van der Waals surface area contributed by atoms with Gasteiger partial charge in [-0.2, -0.15) is 0 Å². The molecule has 0 spiro atoms. The van der Waals surface area contributed by atoms with Crippen LogP contribution in [-0.2, 0) is 14.8 Å². The van der Waals surface area contributed by atoms with Crippen molar-refractivity contribution in [2.45, 2.75) is 24.8 Å². The fourth-order valence-corrected chi connectivity index (χ4v) is 5.02. The summed E-state index contributed by atoms with van der Waals surface area (Å²) >= 11 is 0. The molecular formula is C25H26N2O5S. The number of rotatable bonds is 7. The van der Waals surface area contributed by atoms with Crippen molar-refractivity contribution in [3.63, 3.8) is 0 Å². The topological polar surface area (TPSA) is 84.9 Å². The van der Waals surface area contributed by atoms with Gasteiger partial charge in [0.05, 0.1) is 16.6 Å². The van der Waals surface area contributed by atoms with Crippen molar-refractivity contribution in [1.29, 1.82) is 0 Å². The molecule has 1 amide bonds. The highest BCUT2D eigenvalue weighted by Gasteiger charge is 2.27. The van der Waals surface area contributed by atoms with Crippen molar-refractivity contribution in [2.24, 2.45) is 0 Å². The van der Waals surface area contributed by atoms with Gasteiger partial charge >= 0.3 is 0 Å². The molecule has 3 aromatic rings. The second-order valence-corrected chi connectivity index (χ2v) is 9.71. The highest BCUT2D eigenvalue weighted by molar-refractivity contribution is 7.92. The zero-order valence-corrected chi connectivity index (χ0v) is 19.3. The third-order valence-corrected chi connectivity index (χ3v) is 7.17. The normalized spacial score (nSPS) is 13.8. The molecule has 3 aromatic carbocycles. The Balaban J connectivity index is 1.56. The van der Waals surface area contributed by atoms with Crippen molar-refractivity contribution >= 4 is 21.6 Å². The van der Waals surface area contributed by atoms with Crippen molar-refractivity contribution in [2.75, 3.05) is 24.1 Å². The maximum Gasteiger partial charge on any atom is 0.264 e. The Labute approximate surface area is 194 Å². The van der Waals surface area contributed by atoms with Gasteiger partial charge in [-0.3, -0.25) is 9.10 Å². The second kappa shape index (κ2) is 9.54. The first-order valence-corrected chi connectivity index (χ1v) is 12.1. The summed E-state index contributed by atoms with van der Waals surface area (Å²) in [6.45, 7) is 4.38. The number of amides is 1. The number of ether oxygens (including phenoxy) is 2. The van der Waals surface area contributed by atoms with E-state index in [1.165, 1.54) is 12.1 Å². The van der Waals surface area contributed by atoms with E-state index in [2.05, 4.69) is 5.32 Å². The van der Waals surface area contributed by atoms with Gasteiger partial charge in [0, 0.05) is 0 Å². The molecule has 1 aliphatic heterocycles. The van der Waals surface area contributed by atoms with E-state index in [-0.39, 0.29) is 17.5 Å². The number of nitrogens with one attached hydrogen (secondary N) is 1. The Morgan fingerprint density at radius 2 is 1.64 bits per heavy atom. The monoisotopic (exact) mass is 466 g/mol. The molecule has 1 atom stereocenters. The molecule has 0 saturated heterocycles. The van der Waals surface area contributed by atoms with Crippen molar-refractivity contribution < 1.29 is 22.7 Å². The predicted octanol–water partition coefficient (Wildman–Crippen LogP) is 3.84. The minimum absolute atomic E-state index is 0.123. The molecule has 0 aromatic heterocycles. The molecule has 172 valence electrons. The fraction of sp³-hybridized carbons (Fsp3) is 0.240. The Morgan fingerprint density at radius 1 is 0.970 bits per heavy atom. The van der Waals surface area contributed by atoms with E-state index in [0.717, 1.165) is 15.4 Å². The molecule has 8 heteroatoms. The van der Waals surface area contributed by atoms with Crippen LogP contribution in [0.1, 0.15) is 24.1 Å². The number of hydrogen-bond donors (Lipinski definition) is 1. The van der Waals surface area contributed by atoms with Gasteiger partial charge in [-0.25, -0.2) is 8.42 Å². The number of hydrogen-bond acceptors (Lipinski definition) is 5. The molecule has 4 rings (SSSR count). The van der Waals surface area contributed by atoms with Crippen LogP contribution in [0.5, 0.6) is 11.5 Å². The zero-order valence-electron chi connectivity index (χ0n) is 18.5. The minimum atomic E-state index is -3.94. The fourth-order valence-electron chi connectivity index (χ4n) is 3.58. The molecular weight excluding hydrogens is 440 g/mol. The Hall–Kier alpha value is -3.52. The summed E-state index contributed by atoms with van der Waals surface area (Å²) in [5.41, 5.74) is 2.25. The van der Waals surface area contributed by atoms with Gasteiger partial charge < -0.3 is 14.8 Å². The molecule has 1 N–H and O–H groups in total. The van der Waals surface area contributed by atoms with Gasteiger partial charge in [-0.15, -0.1) is 0 Å². The predicted molar refractivity (Wildman–Crippen MR) is 126 cm³/mol. The average Bonchev–Trinajstić information content (AvgIpc) is 2.83. The highest BCUT2D eigenvalue weighted by Crippen LogP contribution is 2.32. The van der Waals surface area contributed by atoms with E-state index >= 15 is 0 Å². The molecule has 0 saturated carbocycles. The first-order valence-electron chi connectivity index (χ1n) is 10.7. The van der Waals surface area contributed by atoms with Crippen LogP contribution >= 0.6 is 0 Å². The summed E-state index contributed by atoms with van der Waals surface area (Å²) in [5, 5.41) is 2.90. The first kappa shape index (κ1) is 22.7. The van der Waals surface area contributed by atoms with Crippen molar-refractivity contribution in [1.82, 2.24) is 5.32 Å². The summed E-state index contributed by atoms with van der Waals surface area (Å²) in [5.74, 6) is 0.883. The quantitative estimate of drug-likeness (QED) is 0.572. The molecule has 1 heterocycles. The number of sulfonamides is 1. The summed E-state index contributed by atoms with van der Waals surface area (Å²) < 4.78 is 39.1. The number of benzene rings is 3.